The van der Waals surface area contributed by atoms with E-state index in [0.29, 0.717) is 11.6 Å². The molecule has 0 spiro atoms. The van der Waals surface area contributed by atoms with Gasteiger partial charge in [0.15, 0.2) is 0 Å². The molecule has 0 aliphatic carbocycles. The molecule has 0 radical (unpaired) electrons. The number of rotatable bonds is 5. The molecule has 0 saturated heterocycles. The van der Waals surface area contributed by atoms with Crippen molar-refractivity contribution in [1.29, 1.82) is 0 Å². The minimum Gasteiger partial charge on any atom is -0.439 e. The van der Waals surface area contributed by atoms with E-state index in [9.17, 15) is 0 Å². The van der Waals surface area contributed by atoms with Crippen LogP contribution in [0.15, 0.2) is 146 Å². The van der Waals surface area contributed by atoms with Gasteiger partial charge < -0.3 is 15.0 Å². The smallest absolute Gasteiger partial charge is 0.219 e. The summed E-state index contributed by atoms with van der Waals surface area (Å²) >= 11 is 0. The molecule has 0 atom stereocenters. The molecule has 3 aromatic heterocycles. The van der Waals surface area contributed by atoms with Gasteiger partial charge in [-0.25, -0.2) is 9.97 Å². The van der Waals surface area contributed by atoms with Crippen LogP contribution < -0.4 is 15.0 Å². The summed E-state index contributed by atoms with van der Waals surface area (Å²) in [5.74, 6) is 2.09. The maximum absolute atomic E-state index is 6.75. The third-order valence-electron chi connectivity index (χ3n) is 11.2. The Labute approximate surface area is 333 Å². The number of aromatic nitrogens is 3. The van der Waals surface area contributed by atoms with E-state index in [0.717, 1.165) is 67.1 Å². The normalized spacial score (nSPS) is 12.5. The van der Waals surface area contributed by atoms with E-state index in [-0.39, 0.29) is 5.41 Å². The standard InChI is InChI=1S/C51H43N5O/c1-31-26-32(2)48(33(3)27-31)40-30-45-50(53-41-17-11-13-19-43(41)55(45)35-14-8-7-9-15-35)49-39(40)22-23-47(54-49)57-36-20-21-38-37-16-10-12-18-42(37)56(44(38)29-36)46-28-34(24-25-52-46)51(4,5)6/h7-30,53H,1-6H3. The van der Waals surface area contributed by atoms with Gasteiger partial charge in [0.25, 0.3) is 0 Å². The summed E-state index contributed by atoms with van der Waals surface area (Å²) in [6.07, 6.45) is 1.91. The largest absolute Gasteiger partial charge is 0.439 e. The Morgan fingerprint density at radius 2 is 1.35 bits per heavy atom. The molecule has 1 N–H and O–H groups in total. The van der Waals surface area contributed by atoms with Gasteiger partial charge in [0.05, 0.1) is 33.8 Å². The number of nitrogens with zero attached hydrogens (tertiary/aromatic N) is 4. The van der Waals surface area contributed by atoms with Gasteiger partial charge >= 0.3 is 0 Å². The van der Waals surface area contributed by atoms with Crippen LogP contribution in [0.1, 0.15) is 43.0 Å². The average molecular weight is 742 g/mol. The van der Waals surface area contributed by atoms with E-state index in [4.69, 9.17) is 14.7 Å². The zero-order valence-corrected chi connectivity index (χ0v) is 33.1. The number of hydrogen-bond acceptors (Lipinski definition) is 5. The van der Waals surface area contributed by atoms with Gasteiger partial charge in [0.2, 0.25) is 5.88 Å². The minimum absolute atomic E-state index is 0.0164. The van der Waals surface area contributed by atoms with Crippen molar-refractivity contribution in [2.24, 2.45) is 0 Å². The molecule has 9 aromatic rings. The molecule has 6 aromatic carbocycles. The first-order chi connectivity index (χ1) is 27.6. The van der Waals surface area contributed by atoms with Crippen LogP contribution in [-0.2, 0) is 5.41 Å². The second kappa shape index (κ2) is 13.1. The molecular formula is C51H43N5O. The molecular weight excluding hydrogens is 699 g/mol. The van der Waals surface area contributed by atoms with Crippen molar-refractivity contribution < 1.29 is 4.74 Å². The van der Waals surface area contributed by atoms with Gasteiger partial charge in [0, 0.05) is 40.2 Å². The van der Waals surface area contributed by atoms with Gasteiger partial charge in [-0.3, -0.25) is 4.57 Å². The van der Waals surface area contributed by atoms with E-state index in [1.807, 2.05) is 18.3 Å². The molecule has 6 heteroatoms. The number of fused-ring (bicyclic) bond motifs is 7. The van der Waals surface area contributed by atoms with Gasteiger partial charge in [-0.1, -0.05) is 87.0 Å². The second-order valence-electron chi connectivity index (χ2n) is 16.2. The summed E-state index contributed by atoms with van der Waals surface area (Å²) in [6, 6.07) is 49.2. The average Bonchev–Trinajstić information content (AvgIpc) is 3.53. The topological polar surface area (TPSA) is 55.2 Å². The predicted octanol–water partition coefficient (Wildman–Crippen LogP) is 13.9. The summed E-state index contributed by atoms with van der Waals surface area (Å²) in [7, 11) is 0. The highest BCUT2D eigenvalue weighted by molar-refractivity contribution is 6.13. The summed E-state index contributed by atoms with van der Waals surface area (Å²) in [5, 5.41) is 7.16. The van der Waals surface area contributed by atoms with E-state index in [1.54, 1.807) is 0 Å². The van der Waals surface area contributed by atoms with Crippen LogP contribution in [0.25, 0.3) is 49.7 Å². The molecule has 0 bridgehead atoms. The first kappa shape index (κ1) is 34.6. The Morgan fingerprint density at radius 3 is 2.16 bits per heavy atom. The van der Waals surface area contributed by atoms with Crippen molar-refractivity contribution >= 4 is 61.1 Å². The lowest BCUT2D eigenvalue weighted by Crippen LogP contribution is -2.18. The highest BCUT2D eigenvalue weighted by Crippen LogP contribution is 2.53. The van der Waals surface area contributed by atoms with E-state index >= 15 is 0 Å². The zero-order valence-electron chi connectivity index (χ0n) is 33.1. The van der Waals surface area contributed by atoms with Crippen LogP contribution in [0.3, 0.4) is 0 Å². The van der Waals surface area contributed by atoms with Gasteiger partial charge in [-0.05, 0) is 121 Å². The number of para-hydroxylation sites is 4. The molecule has 0 unspecified atom stereocenters. The number of nitrogens with one attached hydrogen (secondary N) is 1. The Balaban J connectivity index is 1.17. The van der Waals surface area contributed by atoms with Crippen molar-refractivity contribution in [2.45, 2.75) is 47.0 Å². The minimum atomic E-state index is -0.0164. The summed E-state index contributed by atoms with van der Waals surface area (Å²) in [6.45, 7) is 13.3. The van der Waals surface area contributed by atoms with E-state index in [2.05, 4.69) is 184 Å². The summed E-state index contributed by atoms with van der Waals surface area (Å²) < 4.78 is 9.00. The fourth-order valence-electron chi connectivity index (χ4n) is 8.71. The molecule has 0 amide bonds. The molecule has 0 saturated carbocycles. The van der Waals surface area contributed by atoms with E-state index in [1.165, 1.54) is 33.2 Å². The predicted molar refractivity (Wildman–Crippen MR) is 237 cm³/mol. The number of aryl methyl sites for hydroxylation is 3. The lowest BCUT2D eigenvalue weighted by Gasteiger charge is -2.35. The molecule has 0 fully saturated rings. The van der Waals surface area contributed by atoms with Crippen LogP contribution in [0.5, 0.6) is 11.6 Å². The Hall–Kier alpha value is -6.92. The monoisotopic (exact) mass is 741 g/mol. The maximum Gasteiger partial charge on any atom is 0.219 e. The lowest BCUT2D eigenvalue weighted by molar-refractivity contribution is 0.466. The summed E-state index contributed by atoms with van der Waals surface area (Å²) in [5.41, 5.74) is 15.4. The molecule has 57 heavy (non-hydrogen) atoms. The quantitative estimate of drug-likeness (QED) is 0.190. The fourth-order valence-corrected chi connectivity index (χ4v) is 8.71. The molecule has 1 aliphatic heterocycles. The second-order valence-corrected chi connectivity index (χ2v) is 16.2. The van der Waals surface area contributed by atoms with Crippen LogP contribution in [0, 0.1) is 20.8 Å². The number of anilines is 5. The zero-order chi connectivity index (χ0) is 39.0. The van der Waals surface area contributed by atoms with Crippen LogP contribution >= 0.6 is 0 Å². The molecule has 10 rings (SSSR count). The van der Waals surface area contributed by atoms with Crippen LogP contribution in [0.4, 0.5) is 28.4 Å². The first-order valence-corrected chi connectivity index (χ1v) is 19.6. The van der Waals surface area contributed by atoms with Crippen molar-refractivity contribution in [2.75, 3.05) is 10.2 Å². The van der Waals surface area contributed by atoms with Crippen molar-refractivity contribution in [1.82, 2.24) is 14.5 Å². The van der Waals surface area contributed by atoms with Gasteiger partial charge in [-0.15, -0.1) is 0 Å². The highest BCUT2D eigenvalue weighted by atomic mass is 16.5. The highest BCUT2D eigenvalue weighted by Gasteiger charge is 2.29. The molecule has 278 valence electrons. The van der Waals surface area contributed by atoms with Gasteiger partial charge in [-0.2, -0.15) is 0 Å². The number of ether oxygens (including phenoxy) is 1. The number of pyridine rings is 2. The fraction of sp³-hybridized carbons (Fsp3) is 0.137. The lowest BCUT2D eigenvalue weighted by atomic mass is 9.88. The molecule has 1 aliphatic rings. The third kappa shape index (κ3) is 5.79. The van der Waals surface area contributed by atoms with Crippen molar-refractivity contribution in [3.63, 3.8) is 0 Å². The van der Waals surface area contributed by atoms with Crippen LogP contribution in [0.2, 0.25) is 0 Å². The van der Waals surface area contributed by atoms with Crippen LogP contribution in [-0.4, -0.2) is 14.5 Å². The maximum atomic E-state index is 6.75. The van der Waals surface area contributed by atoms with E-state index < -0.39 is 0 Å². The number of benzene rings is 6. The van der Waals surface area contributed by atoms with Crippen molar-refractivity contribution in [3.05, 3.63) is 168 Å². The Kier molecular flexibility index (Phi) is 7.94. The SMILES string of the molecule is Cc1cc(C)c(-c2cc3c(c4nc(Oc5ccc6c7ccccc7n(-c7cc(C(C)(C)C)ccn7)c6c5)ccc24)Nc2ccccc2N3c2ccccc2)c(C)c1. The first-order valence-electron chi connectivity index (χ1n) is 19.6. The number of hydrogen-bond donors (Lipinski definition) is 1. The Morgan fingerprint density at radius 1 is 0.632 bits per heavy atom. The van der Waals surface area contributed by atoms with Crippen molar-refractivity contribution in [3.8, 4) is 28.6 Å². The summed E-state index contributed by atoms with van der Waals surface area (Å²) in [4.78, 5) is 12.6. The molecule has 4 heterocycles. The van der Waals surface area contributed by atoms with Gasteiger partial charge in [0.1, 0.15) is 17.1 Å². The Bertz CT molecular complexity index is 3020. The molecule has 6 nitrogen and oxygen atoms in total. The third-order valence-corrected chi connectivity index (χ3v) is 11.2.